The lowest BCUT2D eigenvalue weighted by molar-refractivity contribution is -0.0371. The highest BCUT2D eigenvalue weighted by Crippen LogP contribution is 2.34. The predicted octanol–water partition coefficient (Wildman–Crippen LogP) is 5.33. The quantitative estimate of drug-likeness (QED) is 0.683. The van der Waals surface area contributed by atoms with Crippen molar-refractivity contribution in [1.82, 2.24) is 0 Å². The zero-order valence-corrected chi connectivity index (χ0v) is 15.4. The summed E-state index contributed by atoms with van der Waals surface area (Å²) in [4.78, 5) is 0. The molecule has 3 nitrogen and oxygen atoms in total. The lowest BCUT2D eigenvalue weighted by atomic mass is 9.91. The Morgan fingerprint density at radius 1 is 1.04 bits per heavy atom. The smallest absolute Gasteiger partial charge is 0.199 e. The third-order valence-electron chi connectivity index (χ3n) is 5.18. The van der Waals surface area contributed by atoms with Crippen molar-refractivity contribution in [3.05, 3.63) is 58.6 Å². The fourth-order valence-electron chi connectivity index (χ4n) is 3.44. The van der Waals surface area contributed by atoms with Gasteiger partial charge in [-0.2, -0.15) is 8.78 Å². The van der Waals surface area contributed by atoms with Crippen LogP contribution in [0.15, 0.2) is 47.4 Å². The van der Waals surface area contributed by atoms with Crippen LogP contribution in [-0.4, -0.2) is 26.4 Å². The summed E-state index contributed by atoms with van der Waals surface area (Å²) in [5, 5.41) is 0. The normalized spacial score (nSPS) is 24.0. The van der Waals surface area contributed by atoms with Gasteiger partial charge in [0.25, 0.3) is 0 Å². The molecule has 5 heteroatoms. The highest BCUT2D eigenvalue weighted by atomic mass is 19.2. The lowest BCUT2D eigenvalue weighted by Crippen LogP contribution is -2.28. The summed E-state index contributed by atoms with van der Waals surface area (Å²) in [6, 6.07) is 8.68. The van der Waals surface area contributed by atoms with Crippen molar-refractivity contribution in [3.63, 3.8) is 0 Å². The van der Waals surface area contributed by atoms with Gasteiger partial charge in [-0.25, -0.2) is 0 Å². The third-order valence-corrected chi connectivity index (χ3v) is 5.18. The molecule has 0 N–H and O–H groups in total. The molecule has 1 saturated heterocycles. The molecule has 0 radical (unpaired) electrons. The number of halogens is 2. The zero-order valence-electron chi connectivity index (χ0n) is 15.4. The number of allylic oxidation sites excluding steroid dienone is 4. The second-order valence-corrected chi connectivity index (χ2v) is 6.81. The molecule has 1 aromatic rings. The summed E-state index contributed by atoms with van der Waals surface area (Å²) in [6.07, 6.45) is 3.42. The molecular weight excluding hydrogens is 338 g/mol. The van der Waals surface area contributed by atoms with Crippen LogP contribution < -0.4 is 0 Å². The predicted molar refractivity (Wildman–Crippen MR) is 96.0 cm³/mol. The van der Waals surface area contributed by atoms with E-state index in [1.807, 2.05) is 0 Å². The molecule has 0 aromatic heterocycles. The van der Waals surface area contributed by atoms with E-state index in [4.69, 9.17) is 14.2 Å². The van der Waals surface area contributed by atoms with E-state index in [0.29, 0.717) is 25.4 Å². The van der Waals surface area contributed by atoms with E-state index >= 15 is 0 Å². The summed E-state index contributed by atoms with van der Waals surface area (Å²) < 4.78 is 44.0. The van der Waals surface area contributed by atoms with E-state index < -0.39 is 11.7 Å². The van der Waals surface area contributed by atoms with Crippen LogP contribution in [0.2, 0.25) is 0 Å². The second kappa shape index (κ2) is 8.67. The van der Waals surface area contributed by atoms with Crippen LogP contribution in [0.3, 0.4) is 0 Å². The van der Waals surface area contributed by atoms with E-state index in [2.05, 4.69) is 31.2 Å². The van der Waals surface area contributed by atoms with E-state index in [1.54, 1.807) is 0 Å². The number of aryl methyl sites for hydroxylation is 1. The SMILES string of the molecule is CCc1ccc(C2CCC(COC3=C(F)C(F)=C(OC)CC3)OC2)cc1. The highest BCUT2D eigenvalue weighted by Gasteiger charge is 2.27. The molecule has 1 aliphatic carbocycles. The summed E-state index contributed by atoms with van der Waals surface area (Å²) in [7, 11) is 1.34. The number of hydrogen-bond acceptors (Lipinski definition) is 3. The van der Waals surface area contributed by atoms with Crippen LogP contribution in [0.1, 0.15) is 49.7 Å². The number of ether oxygens (including phenoxy) is 3. The Morgan fingerprint density at radius 2 is 1.73 bits per heavy atom. The maximum Gasteiger partial charge on any atom is 0.199 e. The molecule has 1 fully saturated rings. The molecule has 142 valence electrons. The van der Waals surface area contributed by atoms with Gasteiger partial charge in [0, 0.05) is 18.8 Å². The fraction of sp³-hybridized carbons (Fsp3) is 0.524. The molecule has 0 amide bonds. The topological polar surface area (TPSA) is 27.7 Å². The van der Waals surface area contributed by atoms with Gasteiger partial charge in [-0.3, -0.25) is 0 Å². The molecular formula is C21H26F2O3. The van der Waals surface area contributed by atoms with Crippen molar-refractivity contribution >= 4 is 0 Å². The summed E-state index contributed by atoms with van der Waals surface area (Å²) >= 11 is 0. The number of rotatable bonds is 6. The average molecular weight is 364 g/mol. The fourth-order valence-corrected chi connectivity index (χ4v) is 3.44. The van der Waals surface area contributed by atoms with Crippen LogP contribution in [0, 0.1) is 0 Å². The first-order valence-corrected chi connectivity index (χ1v) is 9.27. The summed E-state index contributed by atoms with van der Waals surface area (Å²) in [5.41, 5.74) is 2.62. The summed E-state index contributed by atoms with van der Waals surface area (Å²) in [6.45, 7) is 3.02. The van der Waals surface area contributed by atoms with Crippen molar-refractivity contribution in [2.75, 3.05) is 20.3 Å². The molecule has 1 heterocycles. The second-order valence-electron chi connectivity index (χ2n) is 6.81. The van der Waals surface area contributed by atoms with Crippen molar-refractivity contribution in [3.8, 4) is 0 Å². The van der Waals surface area contributed by atoms with E-state index in [9.17, 15) is 8.78 Å². The van der Waals surface area contributed by atoms with Crippen molar-refractivity contribution < 1.29 is 23.0 Å². The first kappa shape index (κ1) is 18.9. The molecule has 0 spiro atoms. The van der Waals surface area contributed by atoms with E-state index in [0.717, 1.165) is 19.3 Å². The van der Waals surface area contributed by atoms with Crippen LogP contribution in [0.4, 0.5) is 8.78 Å². The first-order valence-electron chi connectivity index (χ1n) is 9.27. The van der Waals surface area contributed by atoms with Gasteiger partial charge in [0.2, 0.25) is 0 Å². The standard InChI is InChI=1S/C21H26F2O3/c1-3-14-4-6-15(7-5-14)16-8-9-17(25-12-16)13-26-19-11-10-18(24-2)20(22)21(19)23/h4-7,16-17H,3,8-13H2,1-2H3. The van der Waals surface area contributed by atoms with E-state index in [-0.39, 0.29) is 24.2 Å². The Labute approximate surface area is 153 Å². The zero-order chi connectivity index (χ0) is 18.5. The number of hydrogen-bond donors (Lipinski definition) is 0. The molecule has 26 heavy (non-hydrogen) atoms. The van der Waals surface area contributed by atoms with Crippen LogP contribution in [0.5, 0.6) is 0 Å². The van der Waals surface area contributed by atoms with Crippen molar-refractivity contribution in [1.29, 1.82) is 0 Å². The Kier molecular flexibility index (Phi) is 6.30. The largest absolute Gasteiger partial charge is 0.498 e. The van der Waals surface area contributed by atoms with Crippen LogP contribution >= 0.6 is 0 Å². The monoisotopic (exact) mass is 364 g/mol. The van der Waals surface area contributed by atoms with Gasteiger partial charge in [0.1, 0.15) is 18.1 Å². The van der Waals surface area contributed by atoms with Crippen LogP contribution in [-0.2, 0) is 20.6 Å². The van der Waals surface area contributed by atoms with E-state index in [1.165, 1.54) is 18.2 Å². The lowest BCUT2D eigenvalue weighted by Gasteiger charge is -2.30. The van der Waals surface area contributed by atoms with Gasteiger partial charge in [-0.05, 0) is 30.4 Å². The van der Waals surface area contributed by atoms with Crippen LogP contribution in [0.25, 0.3) is 0 Å². The average Bonchev–Trinajstić information content (AvgIpc) is 2.70. The number of benzene rings is 1. The number of methoxy groups -OCH3 is 1. The minimum atomic E-state index is -0.950. The molecule has 2 atom stereocenters. The highest BCUT2D eigenvalue weighted by molar-refractivity contribution is 5.29. The minimum absolute atomic E-state index is 0.0423. The van der Waals surface area contributed by atoms with Gasteiger partial charge in [0.15, 0.2) is 11.7 Å². The molecule has 1 aliphatic heterocycles. The van der Waals surface area contributed by atoms with Crippen molar-refractivity contribution in [2.45, 2.75) is 51.0 Å². The Bertz CT molecular complexity index is 671. The maximum absolute atomic E-state index is 14.0. The first-order chi connectivity index (χ1) is 12.6. The van der Waals surface area contributed by atoms with Gasteiger partial charge in [-0.15, -0.1) is 0 Å². The maximum atomic E-state index is 14.0. The minimum Gasteiger partial charge on any atom is -0.498 e. The molecule has 2 unspecified atom stereocenters. The Morgan fingerprint density at radius 3 is 2.35 bits per heavy atom. The molecule has 1 aromatic carbocycles. The van der Waals surface area contributed by atoms with Gasteiger partial charge in [-0.1, -0.05) is 31.2 Å². The van der Waals surface area contributed by atoms with Gasteiger partial charge in [0.05, 0.1) is 19.8 Å². The van der Waals surface area contributed by atoms with Gasteiger partial charge >= 0.3 is 0 Å². The van der Waals surface area contributed by atoms with Gasteiger partial charge < -0.3 is 14.2 Å². The molecule has 3 rings (SSSR count). The third kappa shape index (κ3) is 4.26. The molecule has 0 saturated carbocycles. The molecule has 2 aliphatic rings. The summed E-state index contributed by atoms with van der Waals surface area (Å²) in [5.74, 6) is -1.41. The Hall–Kier alpha value is -1.88. The molecule has 0 bridgehead atoms. The Balaban J connectivity index is 1.50. The van der Waals surface area contributed by atoms with Crippen molar-refractivity contribution in [2.24, 2.45) is 0 Å².